The molecule has 1 aromatic rings. The van der Waals surface area contributed by atoms with Gasteiger partial charge < -0.3 is 9.63 Å². The van der Waals surface area contributed by atoms with Gasteiger partial charge in [-0.2, -0.15) is 0 Å². The van der Waals surface area contributed by atoms with Gasteiger partial charge in [-0.15, -0.1) is 0 Å². The Labute approximate surface area is 94.8 Å². The zero-order valence-corrected chi connectivity index (χ0v) is 10.1. The van der Waals surface area contributed by atoms with Crippen molar-refractivity contribution in [1.29, 1.82) is 0 Å². The second-order valence-corrected chi connectivity index (χ2v) is 4.38. The van der Waals surface area contributed by atoms with Gasteiger partial charge in [-0.3, -0.25) is 10.1 Å². The van der Waals surface area contributed by atoms with Crippen LogP contribution in [0.2, 0.25) is 0 Å². The van der Waals surface area contributed by atoms with E-state index in [1.807, 2.05) is 13.8 Å². The molecule has 0 spiro atoms. The molecule has 0 aromatic carbocycles. The van der Waals surface area contributed by atoms with E-state index in [9.17, 15) is 9.90 Å². The third-order valence-corrected chi connectivity index (χ3v) is 2.80. The Morgan fingerprint density at radius 3 is 2.81 bits per heavy atom. The minimum absolute atomic E-state index is 0.127. The van der Waals surface area contributed by atoms with Gasteiger partial charge in [0.15, 0.2) is 0 Å². The first-order chi connectivity index (χ1) is 7.37. The summed E-state index contributed by atoms with van der Waals surface area (Å²) in [6, 6.07) is 1.64. The van der Waals surface area contributed by atoms with Crippen LogP contribution in [0, 0.1) is 0 Å². The lowest BCUT2D eigenvalue weighted by atomic mass is 9.84. The van der Waals surface area contributed by atoms with Crippen LogP contribution < -0.4 is 5.32 Å². The molecular weight excluding hydrogens is 208 g/mol. The zero-order valence-electron chi connectivity index (χ0n) is 10.1. The topological polar surface area (TPSA) is 75.4 Å². The molecule has 5 heteroatoms. The van der Waals surface area contributed by atoms with E-state index in [1.54, 1.807) is 19.9 Å². The Bertz CT molecular complexity index is 369. The molecule has 0 bridgehead atoms. The van der Waals surface area contributed by atoms with Crippen LogP contribution in [-0.4, -0.2) is 22.3 Å². The molecule has 0 saturated carbocycles. The van der Waals surface area contributed by atoms with E-state index < -0.39 is 11.5 Å². The highest BCUT2D eigenvalue weighted by Gasteiger charge is 2.30. The molecule has 1 heterocycles. The van der Waals surface area contributed by atoms with Crippen molar-refractivity contribution >= 4 is 11.8 Å². The first-order valence-electron chi connectivity index (χ1n) is 5.33. The van der Waals surface area contributed by atoms with Gasteiger partial charge in [-0.1, -0.05) is 25.9 Å². The van der Waals surface area contributed by atoms with Crippen molar-refractivity contribution in [2.75, 3.05) is 5.32 Å². The molecule has 0 aliphatic carbocycles. The van der Waals surface area contributed by atoms with E-state index in [0.29, 0.717) is 18.0 Å². The lowest BCUT2D eigenvalue weighted by Crippen LogP contribution is -2.31. The Kier molecular flexibility index (Phi) is 3.70. The van der Waals surface area contributed by atoms with Crippen LogP contribution in [-0.2, 0) is 10.2 Å². The first kappa shape index (κ1) is 12.7. The SMILES string of the molecule is CCC(=O)Nc1cc(C(C)(C)C(C)O)no1. The number of nitrogens with zero attached hydrogens (tertiary/aromatic N) is 1. The lowest BCUT2D eigenvalue weighted by molar-refractivity contribution is -0.116. The maximum absolute atomic E-state index is 11.1. The predicted molar refractivity (Wildman–Crippen MR) is 60.1 cm³/mol. The number of aliphatic hydroxyl groups is 1. The van der Waals surface area contributed by atoms with Crippen molar-refractivity contribution < 1.29 is 14.4 Å². The molecule has 0 aliphatic rings. The van der Waals surface area contributed by atoms with Crippen LogP contribution in [0.15, 0.2) is 10.6 Å². The lowest BCUT2D eigenvalue weighted by Gasteiger charge is -2.24. The van der Waals surface area contributed by atoms with Crippen LogP contribution in [0.3, 0.4) is 0 Å². The monoisotopic (exact) mass is 226 g/mol. The molecule has 1 rings (SSSR count). The normalized spacial score (nSPS) is 13.6. The van der Waals surface area contributed by atoms with Crippen molar-refractivity contribution in [3.8, 4) is 0 Å². The van der Waals surface area contributed by atoms with E-state index in [-0.39, 0.29) is 5.91 Å². The van der Waals surface area contributed by atoms with Crippen LogP contribution >= 0.6 is 0 Å². The van der Waals surface area contributed by atoms with Crippen LogP contribution in [0.5, 0.6) is 0 Å². The highest BCUT2D eigenvalue weighted by Crippen LogP contribution is 2.27. The van der Waals surface area contributed by atoms with Gasteiger partial charge in [-0.05, 0) is 6.92 Å². The smallest absolute Gasteiger partial charge is 0.231 e. The van der Waals surface area contributed by atoms with Gasteiger partial charge >= 0.3 is 0 Å². The van der Waals surface area contributed by atoms with Crippen molar-refractivity contribution in [2.24, 2.45) is 0 Å². The van der Waals surface area contributed by atoms with Crippen molar-refractivity contribution in [3.63, 3.8) is 0 Å². The molecular formula is C11H18N2O3. The fourth-order valence-corrected chi connectivity index (χ4v) is 1.08. The summed E-state index contributed by atoms with van der Waals surface area (Å²) in [6.45, 7) is 7.17. The summed E-state index contributed by atoms with van der Waals surface area (Å²) in [4.78, 5) is 11.1. The minimum Gasteiger partial charge on any atom is -0.392 e. The average molecular weight is 226 g/mol. The molecule has 1 atom stereocenters. The van der Waals surface area contributed by atoms with E-state index in [2.05, 4.69) is 10.5 Å². The fourth-order valence-electron chi connectivity index (χ4n) is 1.08. The summed E-state index contributed by atoms with van der Waals surface area (Å²) < 4.78 is 4.98. The molecule has 0 radical (unpaired) electrons. The summed E-state index contributed by atoms with van der Waals surface area (Å²) in [5, 5.41) is 16.0. The summed E-state index contributed by atoms with van der Waals surface area (Å²) in [5.41, 5.74) is 0.118. The van der Waals surface area contributed by atoms with Crippen molar-refractivity contribution in [3.05, 3.63) is 11.8 Å². The number of rotatable bonds is 4. The number of carbonyl (C=O) groups excluding carboxylic acids is 1. The van der Waals surface area contributed by atoms with Crippen LogP contribution in [0.4, 0.5) is 5.88 Å². The maximum Gasteiger partial charge on any atom is 0.231 e. The van der Waals surface area contributed by atoms with E-state index >= 15 is 0 Å². The fraction of sp³-hybridized carbons (Fsp3) is 0.636. The van der Waals surface area contributed by atoms with Crippen molar-refractivity contribution in [2.45, 2.75) is 45.6 Å². The maximum atomic E-state index is 11.1. The second-order valence-electron chi connectivity index (χ2n) is 4.38. The average Bonchev–Trinajstić information content (AvgIpc) is 2.66. The minimum atomic E-state index is -0.549. The third-order valence-electron chi connectivity index (χ3n) is 2.80. The number of amides is 1. The molecule has 0 saturated heterocycles. The standard InChI is InChI=1S/C11H18N2O3/c1-5-9(15)12-10-6-8(13-16-10)11(3,4)7(2)14/h6-7,14H,5H2,1-4H3,(H,12,15). The van der Waals surface area contributed by atoms with Crippen LogP contribution in [0.25, 0.3) is 0 Å². The number of nitrogens with one attached hydrogen (secondary N) is 1. The molecule has 2 N–H and O–H groups in total. The largest absolute Gasteiger partial charge is 0.392 e. The van der Waals surface area contributed by atoms with Gasteiger partial charge in [-0.25, -0.2) is 0 Å². The van der Waals surface area contributed by atoms with Crippen LogP contribution in [0.1, 0.15) is 39.8 Å². The number of carbonyl (C=O) groups is 1. The Morgan fingerprint density at radius 2 is 2.31 bits per heavy atom. The number of aliphatic hydroxyl groups excluding tert-OH is 1. The number of aromatic nitrogens is 1. The Morgan fingerprint density at radius 1 is 1.69 bits per heavy atom. The van der Waals surface area contributed by atoms with E-state index in [1.165, 1.54) is 0 Å². The van der Waals surface area contributed by atoms with Gasteiger partial charge in [0.2, 0.25) is 11.8 Å². The highest BCUT2D eigenvalue weighted by atomic mass is 16.5. The van der Waals surface area contributed by atoms with E-state index in [4.69, 9.17) is 4.52 Å². The first-order valence-corrected chi connectivity index (χ1v) is 5.33. The molecule has 16 heavy (non-hydrogen) atoms. The summed E-state index contributed by atoms with van der Waals surface area (Å²) >= 11 is 0. The number of anilines is 1. The molecule has 1 aromatic heterocycles. The molecule has 0 aliphatic heterocycles. The summed E-state index contributed by atoms with van der Waals surface area (Å²) in [7, 11) is 0. The quantitative estimate of drug-likeness (QED) is 0.819. The second kappa shape index (κ2) is 4.65. The zero-order chi connectivity index (χ0) is 12.3. The molecule has 1 amide bonds. The highest BCUT2D eigenvalue weighted by molar-refractivity contribution is 5.89. The van der Waals surface area contributed by atoms with Gasteiger partial charge in [0.05, 0.1) is 11.8 Å². The Hall–Kier alpha value is -1.36. The van der Waals surface area contributed by atoms with E-state index in [0.717, 1.165) is 0 Å². The van der Waals surface area contributed by atoms with Gasteiger partial charge in [0.1, 0.15) is 0 Å². The van der Waals surface area contributed by atoms with Crippen molar-refractivity contribution in [1.82, 2.24) is 5.16 Å². The summed E-state index contributed by atoms with van der Waals surface area (Å²) in [5.74, 6) is 0.188. The molecule has 5 nitrogen and oxygen atoms in total. The number of hydrogen-bond acceptors (Lipinski definition) is 4. The van der Waals surface area contributed by atoms with Gasteiger partial charge in [0.25, 0.3) is 0 Å². The molecule has 1 unspecified atom stereocenters. The summed E-state index contributed by atoms with van der Waals surface area (Å²) in [6.07, 6.45) is -0.164. The number of hydrogen-bond donors (Lipinski definition) is 2. The third kappa shape index (κ3) is 2.61. The van der Waals surface area contributed by atoms with Gasteiger partial charge in [0, 0.05) is 17.9 Å². The Balaban J connectivity index is 2.83. The molecule has 0 fully saturated rings. The predicted octanol–water partition coefficient (Wildman–Crippen LogP) is 1.68. The molecule has 90 valence electrons.